The number of aliphatic hydroxyl groups is 1. The number of methoxy groups -OCH3 is 1. The van der Waals surface area contributed by atoms with Crippen molar-refractivity contribution in [1.82, 2.24) is 5.32 Å². The first kappa shape index (κ1) is 18.2. The molecule has 1 rings (SSSR count). The van der Waals surface area contributed by atoms with Gasteiger partial charge in [0.25, 0.3) is 0 Å². The number of phenolic OH excluding ortho intramolecular Hbond substituents is 1. The Morgan fingerprint density at radius 3 is 2.47 bits per heavy atom. The molecule has 5 heteroatoms. The van der Waals surface area contributed by atoms with Crippen molar-refractivity contribution in [2.75, 3.05) is 13.7 Å². The first-order chi connectivity index (χ1) is 8.33. The molecule has 0 bridgehead atoms. The highest BCUT2D eigenvalue weighted by molar-refractivity contribution is 5.85. The highest BCUT2D eigenvalue weighted by atomic mass is 35.5. The van der Waals surface area contributed by atoms with Crippen LogP contribution >= 0.6 is 12.4 Å². The Kier molecular flexibility index (Phi) is 7.37. The summed E-state index contributed by atoms with van der Waals surface area (Å²) in [5.74, 6) is 0.191. The Hall–Kier alpha value is -0.810. The third kappa shape index (κ3) is 6.25. The van der Waals surface area contributed by atoms with E-state index in [2.05, 4.69) is 5.32 Å². The molecule has 0 aliphatic rings. The molecule has 0 fully saturated rings. The molecule has 0 saturated heterocycles. The number of ether oxygens (including phenoxy) is 1. The molecule has 1 unspecified atom stereocenters. The molecular weight excluding hydrogens is 266 g/mol. The standard InChI is InChI=1S/C14H23NO3.ClH/c1-14(2,3)15-8-13(17)10-5-6-12(16)11(7-10)9-18-4;/h5-7,13,15-17H,8-9H2,1-4H3;1H. The van der Waals surface area contributed by atoms with Gasteiger partial charge in [-0.25, -0.2) is 0 Å². The van der Waals surface area contributed by atoms with Gasteiger partial charge in [-0.05, 0) is 38.5 Å². The number of rotatable bonds is 5. The summed E-state index contributed by atoms with van der Waals surface area (Å²) in [6, 6.07) is 5.08. The molecule has 4 nitrogen and oxygen atoms in total. The molecule has 0 heterocycles. The number of hydrogen-bond donors (Lipinski definition) is 3. The van der Waals surface area contributed by atoms with Crippen molar-refractivity contribution >= 4 is 12.4 Å². The highest BCUT2D eigenvalue weighted by Gasteiger charge is 2.14. The minimum atomic E-state index is -0.597. The Labute approximate surface area is 121 Å². The van der Waals surface area contributed by atoms with Crippen LogP contribution in [0.2, 0.25) is 0 Å². The Bertz CT molecular complexity index is 391. The maximum absolute atomic E-state index is 10.1. The lowest BCUT2D eigenvalue weighted by Gasteiger charge is -2.23. The van der Waals surface area contributed by atoms with E-state index in [0.29, 0.717) is 18.7 Å². The van der Waals surface area contributed by atoms with Gasteiger partial charge in [0.1, 0.15) is 5.75 Å². The van der Waals surface area contributed by atoms with Crippen molar-refractivity contribution in [3.8, 4) is 5.75 Å². The smallest absolute Gasteiger partial charge is 0.121 e. The number of hydrogen-bond acceptors (Lipinski definition) is 4. The van der Waals surface area contributed by atoms with E-state index in [0.717, 1.165) is 5.56 Å². The van der Waals surface area contributed by atoms with Crippen LogP contribution in [0.3, 0.4) is 0 Å². The van der Waals surface area contributed by atoms with Gasteiger partial charge < -0.3 is 20.3 Å². The third-order valence-electron chi connectivity index (χ3n) is 2.61. The summed E-state index contributed by atoms with van der Waals surface area (Å²) in [7, 11) is 1.57. The topological polar surface area (TPSA) is 61.7 Å². The Morgan fingerprint density at radius 2 is 1.95 bits per heavy atom. The molecule has 0 aliphatic carbocycles. The summed E-state index contributed by atoms with van der Waals surface area (Å²) < 4.78 is 5.00. The number of halogens is 1. The molecule has 0 amide bonds. The summed E-state index contributed by atoms with van der Waals surface area (Å²) in [6.07, 6.45) is -0.597. The van der Waals surface area contributed by atoms with Crippen LogP contribution in [0, 0.1) is 0 Å². The maximum Gasteiger partial charge on any atom is 0.121 e. The average molecular weight is 290 g/mol. The molecule has 0 aromatic heterocycles. The molecule has 1 aromatic rings. The van der Waals surface area contributed by atoms with Crippen molar-refractivity contribution in [1.29, 1.82) is 0 Å². The second-order valence-corrected chi connectivity index (χ2v) is 5.47. The quantitative estimate of drug-likeness (QED) is 0.779. The predicted molar refractivity (Wildman–Crippen MR) is 78.8 cm³/mol. The molecule has 0 spiro atoms. The van der Waals surface area contributed by atoms with Crippen molar-refractivity contribution in [3.63, 3.8) is 0 Å². The lowest BCUT2D eigenvalue weighted by molar-refractivity contribution is 0.161. The van der Waals surface area contributed by atoms with Crippen molar-refractivity contribution in [3.05, 3.63) is 29.3 Å². The van der Waals surface area contributed by atoms with E-state index >= 15 is 0 Å². The zero-order valence-electron chi connectivity index (χ0n) is 11.9. The molecular formula is C14H24ClNO3. The molecule has 1 aromatic carbocycles. The highest BCUT2D eigenvalue weighted by Crippen LogP contribution is 2.23. The third-order valence-corrected chi connectivity index (χ3v) is 2.61. The zero-order valence-corrected chi connectivity index (χ0v) is 12.8. The van der Waals surface area contributed by atoms with E-state index in [1.54, 1.807) is 25.3 Å². The van der Waals surface area contributed by atoms with Gasteiger partial charge in [0, 0.05) is 24.8 Å². The van der Waals surface area contributed by atoms with E-state index in [1.165, 1.54) is 0 Å². The lowest BCUT2D eigenvalue weighted by atomic mass is 10.0. The molecule has 0 aliphatic heterocycles. The molecule has 0 radical (unpaired) electrons. The fourth-order valence-electron chi connectivity index (χ4n) is 1.60. The fourth-order valence-corrected chi connectivity index (χ4v) is 1.60. The Morgan fingerprint density at radius 1 is 1.32 bits per heavy atom. The lowest BCUT2D eigenvalue weighted by Crippen LogP contribution is -2.38. The molecule has 110 valence electrons. The number of benzene rings is 1. The van der Waals surface area contributed by atoms with Gasteiger partial charge in [-0.3, -0.25) is 0 Å². The Balaban J connectivity index is 0.00000324. The van der Waals surface area contributed by atoms with Crippen LogP contribution in [-0.2, 0) is 11.3 Å². The van der Waals surface area contributed by atoms with Crippen LogP contribution in [0.25, 0.3) is 0 Å². The molecule has 0 saturated carbocycles. The van der Waals surface area contributed by atoms with E-state index in [-0.39, 0.29) is 23.7 Å². The van der Waals surface area contributed by atoms with Crippen LogP contribution < -0.4 is 5.32 Å². The molecule has 19 heavy (non-hydrogen) atoms. The van der Waals surface area contributed by atoms with Crippen molar-refractivity contribution in [2.45, 2.75) is 39.0 Å². The summed E-state index contributed by atoms with van der Waals surface area (Å²) in [5, 5.41) is 23.0. The van der Waals surface area contributed by atoms with Gasteiger partial charge in [-0.2, -0.15) is 0 Å². The van der Waals surface area contributed by atoms with Gasteiger partial charge in [0.15, 0.2) is 0 Å². The van der Waals surface area contributed by atoms with Crippen LogP contribution in [0.4, 0.5) is 0 Å². The van der Waals surface area contributed by atoms with E-state index in [1.807, 2.05) is 20.8 Å². The van der Waals surface area contributed by atoms with Crippen LogP contribution in [0.15, 0.2) is 18.2 Å². The largest absolute Gasteiger partial charge is 0.508 e. The van der Waals surface area contributed by atoms with Gasteiger partial charge >= 0.3 is 0 Å². The SMILES string of the molecule is COCc1cc(C(O)CNC(C)(C)C)ccc1O.Cl. The van der Waals surface area contributed by atoms with Gasteiger partial charge in [-0.1, -0.05) is 6.07 Å². The monoisotopic (exact) mass is 289 g/mol. The predicted octanol–water partition coefficient (Wildman–Crippen LogP) is 2.38. The summed E-state index contributed by atoms with van der Waals surface area (Å²) in [4.78, 5) is 0. The van der Waals surface area contributed by atoms with Crippen molar-refractivity contribution in [2.24, 2.45) is 0 Å². The van der Waals surface area contributed by atoms with Crippen molar-refractivity contribution < 1.29 is 14.9 Å². The summed E-state index contributed by atoms with van der Waals surface area (Å²) in [5.41, 5.74) is 1.43. The van der Waals surface area contributed by atoms with Crippen LogP contribution in [0.1, 0.15) is 38.0 Å². The first-order valence-corrected chi connectivity index (χ1v) is 6.07. The number of phenols is 1. The number of nitrogens with one attached hydrogen (secondary N) is 1. The van der Waals surface area contributed by atoms with Gasteiger partial charge in [0.2, 0.25) is 0 Å². The number of aromatic hydroxyl groups is 1. The second kappa shape index (κ2) is 7.70. The summed E-state index contributed by atoms with van der Waals surface area (Å²) >= 11 is 0. The minimum Gasteiger partial charge on any atom is -0.508 e. The summed E-state index contributed by atoms with van der Waals surface area (Å²) in [6.45, 7) is 6.95. The first-order valence-electron chi connectivity index (χ1n) is 6.07. The minimum absolute atomic E-state index is 0. The van der Waals surface area contributed by atoms with E-state index < -0.39 is 6.10 Å². The average Bonchev–Trinajstić information content (AvgIpc) is 2.28. The van der Waals surface area contributed by atoms with Gasteiger partial charge in [0.05, 0.1) is 12.7 Å². The molecule has 1 atom stereocenters. The fraction of sp³-hybridized carbons (Fsp3) is 0.571. The van der Waals surface area contributed by atoms with Crippen LogP contribution in [-0.4, -0.2) is 29.4 Å². The second-order valence-electron chi connectivity index (χ2n) is 5.47. The van der Waals surface area contributed by atoms with E-state index in [4.69, 9.17) is 4.74 Å². The maximum atomic E-state index is 10.1. The van der Waals surface area contributed by atoms with Crippen LogP contribution in [0.5, 0.6) is 5.75 Å². The number of β-amino-alcohol motifs (C(OH)–C–C–N with tert-alkyl or cyclic N) is 1. The normalized spacial score (nSPS) is 12.9. The van der Waals surface area contributed by atoms with Gasteiger partial charge in [-0.15, -0.1) is 12.4 Å². The van der Waals surface area contributed by atoms with E-state index in [9.17, 15) is 10.2 Å². The molecule has 3 N–H and O–H groups in total. The number of aliphatic hydroxyl groups excluding tert-OH is 1. The zero-order chi connectivity index (χ0) is 13.8.